The predicted molar refractivity (Wildman–Crippen MR) is 77.0 cm³/mol. The first-order valence-electron chi connectivity index (χ1n) is 5.78. The Morgan fingerprint density at radius 3 is 2.47 bits per heavy atom. The van der Waals surface area contributed by atoms with E-state index in [1.54, 1.807) is 12.4 Å². The number of hydrogen-bond acceptors (Lipinski definition) is 3. The highest BCUT2D eigenvalue weighted by atomic mass is 35.5. The Hall–Kier alpha value is -2.07. The van der Waals surface area contributed by atoms with E-state index < -0.39 is 0 Å². The van der Waals surface area contributed by atoms with E-state index in [4.69, 9.17) is 22.1 Å². The van der Waals surface area contributed by atoms with Gasteiger partial charge >= 0.3 is 0 Å². The Bertz CT molecular complexity index is 540. The molecule has 0 radical (unpaired) electrons. The lowest BCUT2D eigenvalue weighted by atomic mass is 10.3. The van der Waals surface area contributed by atoms with E-state index in [1.165, 1.54) is 0 Å². The Morgan fingerprint density at radius 1 is 1.16 bits per heavy atom. The highest BCUT2D eigenvalue weighted by molar-refractivity contribution is 6.28. The van der Waals surface area contributed by atoms with Gasteiger partial charge in [0, 0.05) is 12.4 Å². The number of nitrogens with two attached hydrogens (primary N) is 1. The third-order valence-electron chi connectivity index (χ3n) is 2.40. The number of amidine groups is 1. The second kappa shape index (κ2) is 6.75. The van der Waals surface area contributed by atoms with Crippen LogP contribution in [0.15, 0.2) is 53.8 Å². The van der Waals surface area contributed by atoms with Gasteiger partial charge in [0.25, 0.3) is 0 Å². The summed E-state index contributed by atoms with van der Waals surface area (Å²) in [6.07, 6.45) is 3.48. The van der Waals surface area contributed by atoms with Gasteiger partial charge in [-0.2, -0.15) is 0 Å². The third kappa shape index (κ3) is 4.26. The smallest absolute Gasteiger partial charge is 0.119 e. The number of aliphatic imine (C=N–C) groups is 1. The molecular formula is C14H14ClN3O. The van der Waals surface area contributed by atoms with E-state index in [1.807, 2.05) is 36.4 Å². The lowest BCUT2D eigenvalue weighted by Crippen LogP contribution is -2.12. The number of aromatic nitrogens is 1. The molecule has 98 valence electrons. The van der Waals surface area contributed by atoms with Crippen molar-refractivity contribution >= 4 is 23.1 Å². The van der Waals surface area contributed by atoms with E-state index in [-0.39, 0.29) is 5.88 Å². The Balaban J connectivity index is 1.96. The van der Waals surface area contributed by atoms with Gasteiger partial charge in [-0.3, -0.25) is 4.98 Å². The molecule has 19 heavy (non-hydrogen) atoms. The van der Waals surface area contributed by atoms with E-state index in [9.17, 15) is 0 Å². The summed E-state index contributed by atoms with van der Waals surface area (Å²) in [6, 6.07) is 11.2. The topological polar surface area (TPSA) is 60.5 Å². The van der Waals surface area contributed by atoms with Crippen LogP contribution in [0.5, 0.6) is 5.75 Å². The molecule has 0 unspecified atom stereocenters. The van der Waals surface area contributed by atoms with Crippen LogP contribution in [0, 0.1) is 0 Å². The molecule has 0 aliphatic carbocycles. The summed E-state index contributed by atoms with van der Waals surface area (Å²) in [5.41, 5.74) is 7.39. The van der Waals surface area contributed by atoms with Crippen molar-refractivity contribution < 1.29 is 4.74 Å². The van der Waals surface area contributed by atoms with Crippen LogP contribution in [0.4, 0.5) is 5.69 Å². The Kier molecular flexibility index (Phi) is 4.75. The molecule has 5 heteroatoms. The van der Waals surface area contributed by atoms with Crippen LogP contribution in [0.25, 0.3) is 0 Å². The third-order valence-corrected chi connectivity index (χ3v) is 2.68. The number of alkyl halides is 1. The van der Waals surface area contributed by atoms with Gasteiger partial charge in [0.1, 0.15) is 18.2 Å². The Morgan fingerprint density at radius 2 is 1.84 bits per heavy atom. The van der Waals surface area contributed by atoms with Crippen molar-refractivity contribution in [2.75, 3.05) is 5.88 Å². The quantitative estimate of drug-likeness (QED) is 0.518. The van der Waals surface area contributed by atoms with Gasteiger partial charge < -0.3 is 10.5 Å². The van der Waals surface area contributed by atoms with Crippen molar-refractivity contribution in [1.82, 2.24) is 4.98 Å². The molecular weight excluding hydrogens is 262 g/mol. The van der Waals surface area contributed by atoms with Crippen LogP contribution in [-0.2, 0) is 6.61 Å². The fourth-order valence-electron chi connectivity index (χ4n) is 1.46. The molecule has 4 nitrogen and oxygen atoms in total. The molecule has 2 rings (SSSR count). The molecule has 1 aromatic carbocycles. The molecule has 0 aliphatic heterocycles. The van der Waals surface area contributed by atoms with Gasteiger partial charge in [0.2, 0.25) is 0 Å². The first kappa shape index (κ1) is 13.4. The summed E-state index contributed by atoms with van der Waals surface area (Å²) in [5.74, 6) is 1.40. The first-order valence-corrected chi connectivity index (χ1v) is 6.32. The number of nitrogens with zero attached hydrogens (tertiary/aromatic N) is 2. The molecule has 0 aliphatic rings. The molecule has 0 saturated carbocycles. The van der Waals surface area contributed by atoms with Crippen molar-refractivity contribution in [2.24, 2.45) is 10.7 Å². The fraction of sp³-hybridized carbons (Fsp3) is 0.143. The van der Waals surface area contributed by atoms with Crippen LogP contribution in [0.2, 0.25) is 0 Å². The number of hydrogen-bond donors (Lipinski definition) is 1. The second-order valence-corrected chi connectivity index (χ2v) is 4.14. The predicted octanol–water partition coefficient (Wildman–Crippen LogP) is 2.89. The van der Waals surface area contributed by atoms with Crippen LogP contribution >= 0.6 is 11.6 Å². The molecule has 1 heterocycles. The summed E-state index contributed by atoms with van der Waals surface area (Å²) >= 11 is 5.57. The van der Waals surface area contributed by atoms with E-state index in [0.717, 1.165) is 17.0 Å². The highest BCUT2D eigenvalue weighted by Crippen LogP contribution is 2.19. The molecule has 2 N–H and O–H groups in total. The first-order chi connectivity index (χ1) is 9.28. The number of pyridine rings is 1. The standard InChI is InChI=1S/C14H14ClN3O/c15-9-14(16)18-12-1-3-13(4-2-12)19-10-11-5-7-17-8-6-11/h1-8H,9-10H2,(H2,16,18). The van der Waals surface area contributed by atoms with E-state index >= 15 is 0 Å². The minimum absolute atomic E-state index is 0.223. The number of halogens is 1. The van der Waals surface area contributed by atoms with Crippen molar-refractivity contribution in [3.8, 4) is 5.75 Å². The van der Waals surface area contributed by atoms with E-state index in [2.05, 4.69) is 9.98 Å². The second-order valence-electron chi connectivity index (χ2n) is 3.87. The number of rotatable bonds is 5. The van der Waals surface area contributed by atoms with Crippen molar-refractivity contribution in [3.05, 3.63) is 54.4 Å². The van der Waals surface area contributed by atoms with Crippen LogP contribution in [0.3, 0.4) is 0 Å². The van der Waals surface area contributed by atoms with E-state index in [0.29, 0.717) is 12.4 Å². The number of ether oxygens (including phenoxy) is 1. The SMILES string of the molecule is NC(CCl)=Nc1ccc(OCc2ccncc2)cc1. The summed E-state index contributed by atoms with van der Waals surface area (Å²) < 4.78 is 5.64. The minimum Gasteiger partial charge on any atom is -0.489 e. The maximum Gasteiger partial charge on any atom is 0.119 e. The zero-order valence-corrected chi connectivity index (χ0v) is 11.0. The number of benzene rings is 1. The maximum absolute atomic E-state index is 5.64. The maximum atomic E-state index is 5.64. The summed E-state index contributed by atoms with van der Waals surface area (Å²) in [4.78, 5) is 8.09. The van der Waals surface area contributed by atoms with Crippen LogP contribution < -0.4 is 10.5 Å². The lowest BCUT2D eigenvalue weighted by molar-refractivity contribution is 0.306. The van der Waals surface area contributed by atoms with Crippen LogP contribution in [0.1, 0.15) is 5.56 Å². The summed E-state index contributed by atoms with van der Waals surface area (Å²) in [7, 11) is 0. The molecule has 1 aromatic heterocycles. The fourth-order valence-corrected chi connectivity index (χ4v) is 1.52. The van der Waals surface area contributed by atoms with Crippen molar-refractivity contribution in [3.63, 3.8) is 0 Å². The Labute approximate surface area is 116 Å². The highest BCUT2D eigenvalue weighted by Gasteiger charge is 1.97. The largest absolute Gasteiger partial charge is 0.489 e. The zero-order valence-electron chi connectivity index (χ0n) is 10.3. The van der Waals surface area contributed by atoms with Crippen molar-refractivity contribution in [2.45, 2.75) is 6.61 Å². The van der Waals surface area contributed by atoms with Gasteiger partial charge in [-0.05, 0) is 42.0 Å². The normalized spacial score (nSPS) is 11.3. The monoisotopic (exact) mass is 275 g/mol. The molecule has 0 amide bonds. The molecule has 0 fully saturated rings. The molecule has 0 saturated heterocycles. The summed E-state index contributed by atoms with van der Waals surface area (Å²) in [5, 5.41) is 0. The van der Waals surface area contributed by atoms with Gasteiger partial charge in [-0.15, -0.1) is 11.6 Å². The van der Waals surface area contributed by atoms with Gasteiger partial charge in [0.15, 0.2) is 0 Å². The summed E-state index contributed by atoms with van der Waals surface area (Å²) in [6.45, 7) is 0.509. The zero-order chi connectivity index (χ0) is 13.5. The average molecular weight is 276 g/mol. The molecule has 0 spiro atoms. The molecule has 0 bridgehead atoms. The molecule has 0 atom stereocenters. The van der Waals surface area contributed by atoms with Gasteiger partial charge in [-0.1, -0.05) is 0 Å². The van der Waals surface area contributed by atoms with Gasteiger partial charge in [0.05, 0.1) is 11.6 Å². The van der Waals surface area contributed by atoms with Crippen LogP contribution in [-0.4, -0.2) is 16.7 Å². The lowest BCUT2D eigenvalue weighted by Gasteiger charge is -2.06. The average Bonchev–Trinajstić information content (AvgIpc) is 2.47. The minimum atomic E-state index is 0.223. The van der Waals surface area contributed by atoms with Gasteiger partial charge in [-0.25, -0.2) is 4.99 Å². The van der Waals surface area contributed by atoms with Crippen molar-refractivity contribution in [1.29, 1.82) is 0 Å². The molecule has 2 aromatic rings.